The lowest BCUT2D eigenvalue weighted by Gasteiger charge is -2.49. The van der Waals surface area contributed by atoms with E-state index in [9.17, 15) is 61.0 Å². The van der Waals surface area contributed by atoms with Crippen molar-refractivity contribution in [3.05, 3.63) is 53.6 Å². The standard InChI is InChI=1S/C35H46O20/c1-48-21-11-15(3-6-18(21)39)4-7-24(42)53-30-23(13-37)52-35(49-9-8-16-2-5-17(38)19(40)10-16)32(55-33-28(46)25(43)20(41)14-50-33)31(30)54-34-29(47)27(45)26(44)22(12-36)51-34/h2-7,10-11,20,22-23,25-41,43-47H,8-9,12-14H2,1H3/t20-,22+,23+,25-,26+,27-,28+,29+,30+,31-,32+,33-,34-,35+/m1/s1. The van der Waals surface area contributed by atoms with Crippen molar-refractivity contribution in [2.24, 2.45) is 0 Å². The zero-order chi connectivity index (χ0) is 40.0. The van der Waals surface area contributed by atoms with Gasteiger partial charge in [-0.2, -0.15) is 0 Å². The van der Waals surface area contributed by atoms with Gasteiger partial charge in [0, 0.05) is 6.08 Å². The molecule has 0 spiro atoms. The summed E-state index contributed by atoms with van der Waals surface area (Å²) >= 11 is 0. The zero-order valence-corrected chi connectivity index (χ0v) is 29.3. The fraction of sp³-hybridized carbons (Fsp3) is 0.571. The largest absolute Gasteiger partial charge is 0.504 e. The normalized spacial score (nSPS) is 35.4. The molecule has 20 heteroatoms. The number of aliphatic hydroxyl groups excluding tert-OH is 8. The molecule has 2 aromatic carbocycles. The molecule has 3 saturated heterocycles. The average molecular weight is 787 g/mol. The van der Waals surface area contributed by atoms with Crippen LogP contribution in [0.3, 0.4) is 0 Å². The predicted molar refractivity (Wildman–Crippen MR) is 180 cm³/mol. The SMILES string of the molecule is COc1cc(C=CC(=O)O[C@@H]2[C@@H](O[C@H]3O[C@@H](CO)[C@H](O)[C@@H](O)[C@@H]3O)[C@H](O[C@H]3OC[C@@H](O)[C@@H](O)[C@@H]3O)[C@@H](OCCc3ccc(O)c(O)c3)O[C@H]2CO)ccc1O. The van der Waals surface area contributed by atoms with Crippen LogP contribution in [0, 0.1) is 0 Å². The Morgan fingerprint density at radius 2 is 1.42 bits per heavy atom. The van der Waals surface area contributed by atoms with Gasteiger partial charge < -0.3 is 94.1 Å². The van der Waals surface area contributed by atoms with Crippen molar-refractivity contribution in [2.75, 3.05) is 33.5 Å². The van der Waals surface area contributed by atoms with Crippen molar-refractivity contribution in [1.29, 1.82) is 0 Å². The van der Waals surface area contributed by atoms with E-state index in [0.717, 1.165) is 6.08 Å². The third kappa shape index (κ3) is 10.0. The van der Waals surface area contributed by atoms with E-state index in [1.165, 1.54) is 49.6 Å². The van der Waals surface area contributed by atoms with Crippen LogP contribution in [0.5, 0.6) is 23.0 Å². The number of aromatic hydroxyl groups is 3. The molecule has 3 fully saturated rings. The van der Waals surface area contributed by atoms with E-state index in [1.807, 2.05) is 0 Å². The van der Waals surface area contributed by atoms with Crippen LogP contribution in [-0.4, -0.2) is 182 Å². The molecule has 2 aromatic rings. The molecule has 3 aliphatic heterocycles. The van der Waals surface area contributed by atoms with Crippen LogP contribution in [0.15, 0.2) is 42.5 Å². The van der Waals surface area contributed by atoms with Crippen molar-refractivity contribution >= 4 is 12.0 Å². The van der Waals surface area contributed by atoms with Crippen molar-refractivity contribution < 1.29 is 98.9 Å². The first-order chi connectivity index (χ1) is 26.3. The summed E-state index contributed by atoms with van der Waals surface area (Å²) in [5.41, 5.74) is 0.907. The van der Waals surface area contributed by atoms with Crippen LogP contribution in [0.2, 0.25) is 0 Å². The molecular weight excluding hydrogens is 740 g/mol. The zero-order valence-electron chi connectivity index (χ0n) is 29.3. The number of carbonyl (C=O) groups excluding carboxylic acids is 1. The smallest absolute Gasteiger partial charge is 0.331 e. The van der Waals surface area contributed by atoms with Crippen LogP contribution < -0.4 is 4.74 Å². The molecule has 0 saturated carbocycles. The summed E-state index contributed by atoms with van der Waals surface area (Å²) in [6.07, 6.45) is -21.6. The third-order valence-electron chi connectivity index (χ3n) is 9.24. The molecule has 14 atom stereocenters. The average Bonchev–Trinajstić information content (AvgIpc) is 3.17. The number of aliphatic hydroxyl groups is 8. The van der Waals surface area contributed by atoms with E-state index < -0.39 is 118 Å². The topological polar surface area (TPSA) is 313 Å². The summed E-state index contributed by atoms with van der Waals surface area (Å²) in [5.74, 6) is -1.84. The number of esters is 1. The van der Waals surface area contributed by atoms with Gasteiger partial charge in [0.05, 0.1) is 33.5 Å². The summed E-state index contributed by atoms with van der Waals surface area (Å²) in [5, 5.41) is 113. The highest BCUT2D eigenvalue weighted by Crippen LogP contribution is 2.35. The van der Waals surface area contributed by atoms with Crippen LogP contribution in [-0.2, 0) is 44.4 Å². The lowest BCUT2D eigenvalue weighted by atomic mass is 9.96. The maximum absolute atomic E-state index is 13.3. The van der Waals surface area contributed by atoms with Gasteiger partial charge in [-0.05, 0) is 47.9 Å². The first-order valence-electron chi connectivity index (χ1n) is 17.2. The summed E-state index contributed by atoms with van der Waals surface area (Å²) in [6.45, 7) is -2.38. The van der Waals surface area contributed by atoms with E-state index in [0.29, 0.717) is 11.1 Å². The molecule has 55 heavy (non-hydrogen) atoms. The predicted octanol–water partition coefficient (Wildman–Crippen LogP) is -3.28. The molecule has 5 rings (SSSR count). The summed E-state index contributed by atoms with van der Waals surface area (Å²) < 4.78 is 46.0. The van der Waals surface area contributed by atoms with Gasteiger partial charge >= 0.3 is 5.97 Å². The molecule has 0 aromatic heterocycles. The molecule has 3 heterocycles. The Kier molecular flexibility index (Phi) is 14.6. The monoisotopic (exact) mass is 786 g/mol. The molecule has 0 unspecified atom stereocenters. The number of ether oxygens (including phenoxy) is 8. The number of hydrogen-bond acceptors (Lipinski definition) is 20. The Balaban J connectivity index is 1.49. The minimum atomic E-state index is -1.98. The van der Waals surface area contributed by atoms with Crippen LogP contribution in [0.25, 0.3) is 6.08 Å². The third-order valence-corrected chi connectivity index (χ3v) is 9.24. The lowest BCUT2D eigenvalue weighted by Crippen LogP contribution is -2.67. The fourth-order valence-corrected chi connectivity index (χ4v) is 6.14. The van der Waals surface area contributed by atoms with E-state index >= 15 is 0 Å². The van der Waals surface area contributed by atoms with E-state index in [2.05, 4.69) is 0 Å². The lowest BCUT2D eigenvalue weighted by molar-refractivity contribution is -0.386. The number of methoxy groups -OCH3 is 1. The Morgan fingerprint density at radius 3 is 2.11 bits per heavy atom. The number of phenolic OH excluding ortho intramolecular Hbond substituents is 3. The molecule has 3 aliphatic rings. The van der Waals surface area contributed by atoms with E-state index in [-0.39, 0.29) is 30.3 Å². The van der Waals surface area contributed by atoms with Gasteiger partial charge in [-0.3, -0.25) is 0 Å². The molecule has 0 bridgehead atoms. The van der Waals surface area contributed by atoms with Crippen LogP contribution in [0.4, 0.5) is 0 Å². The molecule has 0 amide bonds. The Labute approximate surface area is 313 Å². The Morgan fingerprint density at radius 1 is 0.745 bits per heavy atom. The first-order valence-corrected chi connectivity index (χ1v) is 17.2. The van der Waals surface area contributed by atoms with Gasteiger partial charge in [-0.1, -0.05) is 12.1 Å². The van der Waals surface area contributed by atoms with Gasteiger partial charge in [-0.15, -0.1) is 0 Å². The van der Waals surface area contributed by atoms with Crippen LogP contribution >= 0.6 is 0 Å². The Hall–Kier alpha value is -3.71. The fourth-order valence-electron chi connectivity index (χ4n) is 6.14. The minimum Gasteiger partial charge on any atom is -0.504 e. The maximum atomic E-state index is 13.3. The second kappa shape index (κ2) is 19.0. The molecular formula is C35H46O20. The number of benzene rings is 2. The second-order valence-electron chi connectivity index (χ2n) is 13.0. The molecule has 306 valence electrons. The summed E-state index contributed by atoms with van der Waals surface area (Å²) in [4.78, 5) is 13.3. The van der Waals surface area contributed by atoms with Gasteiger partial charge in [0.1, 0.15) is 61.0 Å². The number of carbonyl (C=O) groups is 1. The Bertz CT molecular complexity index is 1590. The van der Waals surface area contributed by atoms with E-state index in [4.69, 9.17) is 37.9 Å². The van der Waals surface area contributed by atoms with Crippen molar-refractivity contribution in [3.63, 3.8) is 0 Å². The number of rotatable bonds is 14. The molecule has 0 radical (unpaired) electrons. The maximum Gasteiger partial charge on any atom is 0.331 e. The second-order valence-corrected chi connectivity index (χ2v) is 13.0. The highest BCUT2D eigenvalue weighted by molar-refractivity contribution is 5.87. The molecule has 11 N–H and O–H groups in total. The number of phenols is 3. The molecule has 20 nitrogen and oxygen atoms in total. The van der Waals surface area contributed by atoms with Gasteiger partial charge in [-0.25, -0.2) is 4.79 Å². The van der Waals surface area contributed by atoms with Gasteiger partial charge in [0.15, 0.2) is 48.0 Å². The highest BCUT2D eigenvalue weighted by Gasteiger charge is 2.55. The van der Waals surface area contributed by atoms with E-state index in [1.54, 1.807) is 0 Å². The minimum absolute atomic E-state index is 0.0984. The summed E-state index contributed by atoms with van der Waals surface area (Å²) in [6, 6.07) is 8.27. The summed E-state index contributed by atoms with van der Waals surface area (Å²) in [7, 11) is 1.33. The quantitative estimate of drug-likeness (QED) is 0.0508. The van der Waals surface area contributed by atoms with Gasteiger partial charge in [0.25, 0.3) is 0 Å². The van der Waals surface area contributed by atoms with Crippen LogP contribution in [0.1, 0.15) is 11.1 Å². The van der Waals surface area contributed by atoms with Crippen molar-refractivity contribution in [1.82, 2.24) is 0 Å². The molecule has 0 aliphatic carbocycles. The van der Waals surface area contributed by atoms with Crippen molar-refractivity contribution in [2.45, 2.75) is 92.4 Å². The van der Waals surface area contributed by atoms with Gasteiger partial charge in [0.2, 0.25) is 0 Å². The highest BCUT2D eigenvalue weighted by atomic mass is 16.8. The first kappa shape index (κ1) is 42.4. The number of hydrogen-bond donors (Lipinski definition) is 11. The van der Waals surface area contributed by atoms with Crippen molar-refractivity contribution in [3.8, 4) is 23.0 Å².